The Labute approximate surface area is 126 Å². The molecule has 1 N–H and O–H groups in total. The average molecular weight is 358 g/mol. The maximum absolute atomic E-state index is 11.9. The molecule has 1 aromatic carbocycles. The summed E-state index contributed by atoms with van der Waals surface area (Å²) in [7, 11) is 0. The highest BCUT2D eigenvalue weighted by Crippen LogP contribution is 2.22. The molecule has 1 heterocycles. The number of carboxylic acids is 1. The topological polar surface area (TPSA) is 89.4 Å². The lowest BCUT2D eigenvalue weighted by Gasteiger charge is -2.05. The van der Waals surface area contributed by atoms with E-state index in [1.807, 2.05) is 0 Å². The van der Waals surface area contributed by atoms with E-state index in [4.69, 9.17) is 21.4 Å². The van der Waals surface area contributed by atoms with E-state index < -0.39 is 11.9 Å². The zero-order chi connectivity index (χ0) is 14.7. The molecule has 102 valence electrons. The number of carboxylic acid groups (broad SMARTS) is 1. The fraction of sp³-hybridized carbons (Fsp3) is 0. The molecule has 0 fully saturated rings. The summed E-state index contributed by atoms with van der Waals surface area (Å²) in [6, 6.07) is 4.73. The van der Waals surface area contributed by atoms with Crippen molar-refractivity contribution in [1.29, 1.82) is 0 Å². The number of esters is 1. The van der Waals surface area contributed by atoms with E-state index in [0.29, 0.717) is 4.47 Å². The molecule has 6 nitrogen and oxygen atoms in total. The molecule has 0 saturated carbocycles. The summed E-state index contributed by atoms with van der Waals surface area (Å²) in [5, 5.41) is 8.90. The van der Waals surface area contributed by atoms with E-state index >= 15 is 0 Å². The Morgan fingerprint density at radius 1 is 1.25 bits per heavy atom. The van der Waals surface area contributed by atoms with Crippen molar-refractivity contribution in [2.24, 2.45) is 0 Å². The van der Waals surface area contributed by atoms with Gasteiger partial charge in [0.2, 0.25) is 5.88 Å². The predicted octanol–water partition coefficient (Wildman–Crippen LogP) is 2.81. The number of nitrogens with zero attached hydrogens (tertiary/aromatic N) is 2. The SMILES string of the molecule is O=C(O)c1cnc(OC(=O)c2cc(Br)ccc2Cl)cn1. The quantitative estimate of drug-likeness (QED) is 0.850. The summed E-state index contributed by atoms with van der Waals surface area (Å²) in [6.45, 7) is 0. The van der Waals surface area contributed by atoms with E-state index in [1.165, 1.54) is 6.07 Å². The molecule has 0 bridgehead atoms. The number of carbonyl (C=O) groups is 2. The molecule has 0 aliphatic heterocycles. The third kappa shape index (κ3) is 3.31. The minimum Gasteiger partial charge on any atom is -0.476 e. The van der Waals surface area contributed by atoms with Crippen LogP contribution in [0.4, 0.5) is 0 Å². The molecule has 0 radical (unpaired) electrons. The number of aromatic nitrogens is 2. The van der Waals surface area contributed by atoms with E-state index in [2.05, 4.69) is 25.9 Å². The Kier molecular flexibility index (Phi) is 4.31. The van der Waals surface area contributed by atoms with Gasteiger partial charge in [0.25, 0.3) is 0 Å². The normalized spacial score (nSPS) is 10.1. The van der Waals surface area contributed by atoms with Crippen LogP contribution in [-0.4, -0.2) is 27.0 Å². The molecule has 0 aliphatic carbocycles. The van der Waals surface area contributed by atoms with Crippen LogP contribution in [0.3, 0.4) is 0 Å². The Morgan fingerprint density at radius 2 is 2.00 bits per heavy atom. The molecule has 0 atom stereocenters. The largest absolute Gasteiger partial charge is 0.476 e. The molecule has 0 aliphatic rings. The summed E-state index contributed by atoms with van der Waals surface area (Å²) in [5.74, 6) is -2.05. The summed E-state index contributed by atoms with van der Waals surface area (Å²) in [6.07, 6.45) is 2.04. The maximum atomic E-state index is 11.9. The number of rotatable bonds is 3. The lowest BCUT2D eigenvalue weighted by molar-refractivity contribution is 0.0690. The highest BCUT2D eigenvalue weighted by atomic mass is 79.9. The van der Waals surface area contributed by atoms with Gasteiger partial charge in [0.05, 0.1) is 23.0 Å². The Morgan fingerprint density at radius 3 is 2.60 bits per heavy atom. The van der Waals surface area contributed by atoms with Crippen molar-refractivity contribution in [1.82, 2.24) is 9.97 Å². The van der Waals surface area contributed by atoms with Gasteiger partial charge in [-0.15, -0.1) is 0 Å². The van der Waals surface area contributed by atoms with E-state index in [9.17, 15) is 9.59 Å². The van der Waals surface area contributed by atoms with Gasteiger partial charge in [0.1, 0.15) is 0 Å². The van der Waals surface area contributed by atoms with Gasteiger partial charge < -0.3 is 9.84 Å². The monoisotopic (exact) mass is 356 g/mol. The first-order valence-corrected chi connectivity index (χ1v) is 6.37. The van der Waals surface area contributed by atoms with Gasteiger partial charge in [0, 0.05) is 4.47 Å². The van der Waals surface area contributed by atoms with Crippen LogP contribution >= 0.6 is 27.5 Å². The molecule has 20 heavy (non-hydrogen) atoms. The number of benzene rings is 1. The maximum Gasteiger partial charge on any atom is 0.356 e. The lowest BCUT2D eigenvalue weighted by atomic mass is 10.2. The Balaban J connectivity index is 2.19. The van der Waals surface area contributed by atoms with Crippen LogP contribution in [-0.2, 0) is 0 Å². The average Bonchev–Trinajstić information content (AvgIpc) is 2.42. The van der Waals surface area contributed by atoms with E-state index in [-0.39, 0.29) is 22.2 Å². The van der Waals surface area contributed by atoms with Crippen molar-refractivity contribution >= 4 is 39.5 Å². The fourth-order valence-electron chi connectivity index (χ4n) is 1.28. The number of halogens is 2. The van der Waals surface area contributed by atoms with Crippen LogP contribution in [0.25, 0.3) is 0 Å². The van der Waals surface area contributed by atoms with Crippen LogP contribution < -0.4 is 4.74 Å². The van der Waals surface area contributed by atoms with Crippen LogP contribution in [0.1, 0.15) is 20.8 Å². The lowest BCUT2D eigenvalue weighted by Crippen LogP contribution is -2.11. The van der Waals surface area contributed by atoms with Gasteiger partial charge in [-0.2, -0.15) is 0 Å². The number of carbonyl (C=O) groups excluding carboxylic acids is 1. The zero-order valence-corrected chi connectivity index (χ0v) is 12.1. The molecule has 8 heteroatoms. The van der Waals surface area contributed by atoms with Crippen molar-refractivity contribution in [3.8, 4) is 5.88 Å². The van der Waals surface area contributed by atoms with Gasteiger partial charge in [0.15, 0.2) is 5.69 Å². The number of hydrogen-bond donors (Lipinski definition) is 1. The number of aromatic carboxylic acids is 1. The third-order valence-electron chi connectivity index (χ3n) is 2.19. The van der Waals surface area contributed by atoms with E-state index in [0.717, 1.165) is 12.4 Å². The van der Waals surface area contributed by atoms with Gasteiger partial charge >= 0.3 is 11.9 Å². The highest BCUT2D eigenvalue weighted by Gasteiger charge is 2.15. The standard InChI is InChI=1S/C12H6BrClN2O4/c13-6-1-2-8(14)7(3-6)12(19)20-10-5-15-9(4-16-10)11(17)18/h1-5H,(H,17,18). The van der Waals surface area contributed by atoms with Gasteiger partial charge in [-0.1, -0.05) is 27.5 Å². The smallest absolute Gasteiger partial charge is 0.356 e. The van der Waals surface area contributed by atoms with Crippen LogP contribution in [0, 0.1) is 0 Å². The van der Waals surface area contributed by atoms with Gasteiger partial charge in [-0.05, 0) is 18.2 Å². The summed E-state index contributed by atoms with van der Waals surface area (Å²) < 4.78 is 5.63. The van der Waals surface area contributed by atoms with Crippen molar-refractivity contribution in [2.75, 3.05) is 0 Å². The van der Waals surface area contributed by atoms with Crippen LogP contribution in [0.15, 0.2) is 35.1 Å². The third-order valence-corrected chi connectivity index (χ3v) is 3.02. The molecular formula is C12H6BrClN2O4. The second-order valence-electron chi connectivity index (χ2n) is 3.56. The fourth-order valence-corrected chi connectivity index (χ4v) is 1.84. The number of ether oxygens (including phenoxy) is 1. The van der Waals surface area contributed by atoms with Gasteiger partial charge in [-0.25, -0.2) is 19.6 Å². The van der Waals surface area contributed by atoms with E-state index in [1.54, 1.807) is 12.1 Å². The van der Waals surface area contributed by atoms with Crippen molar-refractivity contribution in [3.63, 3.8) is 0 Å². The molecule has 1 aromatic heterocycles. The van der Waals surface area contributed by atoms with Crippen LogP contribution in [0.5, 0.6) is 5.88 Å². The number of hydrogen-bond acceptors (Lipinski definition) is 5. The zero-order valence-electron chi connectivity index (χ0n) is 9.71. The summed E-state index contributed by atoms with van der Waals surface area (Å²) >= 11 is 9.10. The summed E-state index contributed by atoms with van der Waals surface area (Å²) in [4.78, 5) is 29.8. The molecule has 0 saturated heterocycles. The van der Waals surface area contributed by atoms with Crippen molar-refractivity contribution < 1.29 is 19.4 Å². The second kappa shape index (κ2) is 5.98. The minimum atomic E-state index is -1.22. The molecule has 0 unspecified atom stereocenters. The van der Waals surface area contributed by atoms with Crippen molar-refractivity contribution in [2.45, 2.75) is 0 Å². The first kappa shape index (κ1) is 14.4. The Bertz CT molecular complexity index is 676. The molecule has 2 aromatic rings. The minimum absolute atomic E-state index is 0.115. The summed E-state index contributed by atoms with van der Waals surface area (Å²) in [5.41, 5.74) is -0.0876. The highest BCUT2D eigenvalue weighted by molar-refractivity contribution is 9.10. The van der Waals surface area contributed by atoms with Gasteiger partial charge in [-0.3, -0.25) is 0 Å². The second-order valence-corrected chi connectivity index (χ2v) is 4.88. The molecular weight excluding hydrogens is 351 g/mol. The molecule has 0 spiro atoms. The first-order valence-electron chi connectivity index (χ1n) is 5.20. The Hall–Kier alpha value is -1.99. The van der Waals surface area contributed by atoms with Crippen molar-refractivity contribution in [3.05, 3.63) is 51.3 Å². The molecule has 0 amide bonds. The molecule has 2 rings (SSSR count). The first-order chi connectivity index (χ1) is 9.47. The predicted molar refractivity (Wildman–Crippen MR) is 73.1 cm³/mol. The van der Waals surface area contributed by atoms with Crippen LogP contribution in [0.2, 0.25) is 5.02 Å².